The van der Waals surface area contributed by atoms with Crippen molar-refractivity contribution in [1.29, 1.82) is 0 Å². The van der Waals surface area contributed by atoms with Gasteiger partial charge in [-0.15, -0.1) is 0 Å². The number of aryl methyl sites for hydroxylation is 1. The molecular formula is C28H30F3N5O4. The summed E-state index contributed by atoms with van der Waals surface area (Å²) >= 11 is 0. The Labute approximate surface area is 229 Å². The summed E-state index contributed by atoms with van der Waals surface area (Å²) in [7, 11) is 0. The Kier molecular flexibility index (Phi) is 7.03. The molecule has 4 heterocycles. The Morgan fingerprint density at radius 2 is 1.98 bits per heavy atom. The number of alkyl halides is 2. The molecule has 12 heteroatoms. The van der Waals surface area contributed by atoms with Crippen LogP contribution in [0.3, 0.4) is 0 Å². The Hall–Kier alpha value is -3.80. The zero-order chi connectivity index (χ0) is 28.0. The first-order valence-corrected chi connectivity index (χ1v) is 13.4. The molecule has 0 bridgehead atoms. The van der Waals surface area contributed by atoms with Gasteiger partial charge in [-0.1, -0.05) is 18.2 Å². The maximum Gasteiger partial charge on any atom is 0.410 e. The summed E-state index contributed by atoms with van der Waals surface area (Å²) in [4.78, 5) is 25.8. The van der Waals surface area contributed by atoms with E-state index < -0.39 is 23.8 Å². The van der Waals surface area contributed by atoms with Crippen molar-refractivity contribution in [3.8, 4) is 5.75 Å². The number of piperazine rings is 1. The number of nitrogens with zero attached hydrogens (tertiary/aromatic N) is 4. The van der Waals surface area contributed by atoms with E-state index in [1.807, 2.05) is 12.1 Å². The van der Waals surface area contributed by atoms with Gasteiger partial charge in [-0.3, -0.25) is 0 Å². The van der Waals surface area contributed by atoms with Crippen LogP contribution in [-0.2, 0) is 9.47 Å². The number of benzene rings is 2. The van der Waals surface area contributed by atoms with Crippen molar-refractivity contribution in [2.75, 3.05) is 49.7 Å². The van der Waals surface area contributed by atoms with E-state index in [1.54, 1.807) is 18.7 Å². The summed E-state index contributed by atoms with van der Waals surface area (Å²) < 4.78 is 58.2. The highest BCUT2D eigenvalue weighted by molar-refractivity contribution is 5.94. The molecule has 0 spiro atoms. The lowest BCUT2D eigenvalue weighted by Gasteiger charge is -2.42. The molecule has 6 rings (SSSR count). The highest BCUT2D eigenvalue weighted by Gasteiger charge is 2.35. The van der Waals surface area contributed by atoms with Crippen LogP contribution in [0.5, 0.6) is 5.75 Å². The minimum absolute atomic E-state index is 0.0190. The van der Waals surface area contributed by atoms with E-state index in [0.717, 1.165) is 11.8 Å². The molecule has 1 aromatic heterocycles. The third-order valence-corrected chi connectivity index (χ3v) is 7.64. The molecule has 3 aliphatic rings. The van der Waals surface area contributed by atoms with Crippen LogP contribution in [-0.4, -0.2) is 72.6 Å². The van der Waals surface area contributed by atoms with Crippen molar-refractivity contribution in [1.82, 2.24) is 14.9 Å². The highest BCUT2D eigenvalue weighted by atomic mass is 19.3. The standard InChI is InChI=1S/C28H30F3N5O4/c1-15(19-4-3-5-20(25(19)29)26(30)31)32-27-21-10-23-24(11-22(21)33-16(2)34-27)39-9-6-17-12-35(7-8-36(17)23)28(37)40-18-13-38-14-18/h3-5,10-11,15,17-18,26H,6-9,12-14H2,1-2H3,(H,32,33,34)/t15-,17+/m1/s1. The van der Waals surface area contributed by atoms with Crippen LogP contribution >= 0.6 is 0 Å². The zero-order valence-electron chi connectivity index (χ0n) is 22.2. The second-order valence-electron chi connectivity index (χ2n) is 10.3. The van der Waals surface area contributed by atoms with Crippen LogP contribution in [0.4, 0.5) is 29.5 Å². The number of aromatic nitrogens is 2. The zero-order valence-corrected chi connectivity index (χ0v) is 22.2. The average molecular weight is 558 g/mol. The van der Waals surface area contributed by atoms with E-state index in [9.17, 15) is 18.0 Å². The van der Waals surface area contributed by atoms with E-state index in [2.05, 4.69) is 20.2 Å². The number of ether oxygens (including phenoxy) is 3. The van der Waals surface area contributed by atoms with Crippen molar-refractivity contribution in [3.05, 3.63) is 53.1 Å². The van der Waals surface area contributed by atoms with Crippen LogP contribution < -0.4 is 15.0 Å². The van der Waals surface area contributed by atoms with Crippen LogP contribution in [0.1, 0.15) is 42.8 Å². The Morgan fingerprint density at radius 1 is 1.18 bits per heavy atom. The monoisotopic (exact) mass is 557 g/mol. The second kappa shape index (κ2) is 10.6. The van der Waals surface area contributed by atoms with Crippen molar-refractivity contribution in [2.45, 2.75) is 44.9 Å². The second-order valence-corrected chi connectivity index (χ2v) is 10.3. The predicted octanol–water partition coefficient (Wildman–Crippen LogP) is 5.00. The summed E-state index contributed by atoms with van der Waals surface area (Å²) in [5.41, 5.74) is 0.986. The SMILES string of the molecule is Cc1nc(N[C@H](C)c2cccc(C(F)F)c2F)c2cc3c(cc2n1)OCC[C@H]1CN(C(=O)OC2COC2)CCN31. The number of hydrogen-bond acceptors (Lipinski definition) is 8. The third kappa shape index (κ3) is 4.96. The van der Waals surface area contributed by atoms with Crippen molar-refractivity contribution >= 4 is 28.5 Å². The first-order chi connectivity index (χ1) is 19.3. The van der Waals surface area contributed by atoms with E-state index >= 15 is 0 Å². The van der Waals surface area contributed by atoms with Gasteiger partial charge in [0.1, 0.15) is 23.2 Å². The molecule has 9 nitrogen and oxygen atoms in total. The number of nitrogens with one attached hydrogen (secondary N) is 1. The van der Waals surface area contributed by atoms with Gasteiger partial charge in [-0.2, -0.15) is 0 Å². The molecule has 1 N–H and O–H groups in total. The number of anilines is 2. The van der Waals surface area contributed by atoms with E-state index in [0.29, 0.717) is 74.2 Å². The normalized spacial score (nSPS) is 19.8. The lowest BCUT2D eigenvalue weighted by Crippen LogP contribution is -2.56. The van der Waals surface area contributed by atoms with Gasteiger partial charge in [0, 0.05) is 43.1 Å². The van der Waals surface area contributed by atoms with Gasteiger partial charge in [0.25, 0.3) is 6.43 Å². The topological polar surface area (TPSA) is 89.1 Å². The molecule has 0 unspecified atom stereocenters. The smallest absolute Gasteiger partial charge is 0.410 e. The quantitative estimate of drug-likeness (QED) is 0.469. The molecule has 0 radical (unpaired) electrons. The summed E-state index contributed by atoms with van der Waals surface area (Å²) in [6, 6.07) is 7.19. The molecule has 2 saturated heterocycles. The van der Waals surface area contributed by atoms with Crippen LogP contribution in [0.2, 0.25) is 0 Å². The molecule has 2 fully saturated rings. The molecule has 2 aromatic carbocycles. The summed E-state index contributed by atoms with van der Waals surface area (Å²) in [5, 5.41) is 3.91. The van der Waals surface area contributed by atoms with Crippen molar-refractivity contribution in [3.63, 3.8) is 0 Å². The fourth-order valence-electron chi connectivity index (χ4n) is 5.45. The van der Waals surface area contributed by atoms with Gasteiger partial charge in [-0.25, -0.2) is 27.9 Å². The number of carbonyl (C=O) groups is 1. The molecule has 0 saturated carbocycles. The van der Waals surface area contributed by atoms with Gasteiger partial charge in [0.05, 0.1) is 48.7 Å². The summed E-state index contributed by atoms with van der Waals surface area (Å²) in [6.07, 6.45) is -2.71. The first kappa shape index (κ1) is 26.4. The Morgan fingerprint density at radius 3 is 2.73 bits per heavy atom. The molecular weight excluding hydrogens is 527 g/mol. The fraction of sp³-hybridized carbons (Fsp3) is 0.464. The minimum atomic E-state index is -2.91. The predicted molar refractivity (Wildman–Crippen MR) is 142 cm³/mol. The summed E-state index contributed by atoms with van der Waals surface area (Å²) in [6.45, 7) is 6.38. The lowest BCUT2D eigenvalue weighted by molar-refractivity contribution is -0.105. The Bertz CT molecular complexity index is 1440. The average Bonchev–Trinajstić information content (AvgIpc) is 3.07. The van der Waals surface area contributed by atoms with Crippen LogP contribution in [0.25, 0.3) is 10.9 Å². The highest BCUT2D eigenvalue weighted by Crippen LogP contribution is 2.40. The van der Waals surface area contributed by atoms with Gasteiger partial charge < -0.3 is 29.3 Å². The number of fused-ring (bicyclic) bond motifs is 4. The summed E-state index contributed by atoms with van der Waals surface area (Å²) in [5.74, 6) is 0.717. The lowest BCUT2D eigenvalue weighted by atomic mass is 10.0. The maximum atomic E-state index is 14.9. The molecule has 212 valence electrons. The van der Waals surface area contributed by atoms with E-state index in [-0.39, 0.29) is 23.8 Å². The van der Waals surface area contributed by atoms with E-state index in [1.165, 1.54) is 12.1 Å². The first-order valence-electron chi connectivity index (χ1n) is 13.4. The molecule has 0 aliphatic carbocycles. The fourth-order valence-corrected chi connectivity index (χ4v) is 5.45. The van der Waals surface area contributed by atoms with Crippen molar-refractivity contribution < 1.29 is 32.2 Å². The number of carbonyl (C=O) groups excluding carboxylic acids is 1. The number of amides is 1. The number of hydrogen-bond donors (Lipinski definition) is 1. The minimum Gasteiger partial charge on any atom is -0.491 e. The van der Waals surface area contributed by atoms with Crippen LogP contribution in [0.15, 0.2) is 30.3 Å². The van der Waals surface area contributed by atoms with Gasteiger partial charge >= 0.3 is 6.09 Å². The van der Waals surface area contributed by atoms with Crippen molar-refractivity contribution in [2.24, 2.45) is 0 Å². The maximum absolute atomic E-state index is 14.9. The van der Waals surface area contributed by atoms with Gasteiger partial charge in [0.2, 0.25) is 0 Å². The Balaban J connectivity index is 1.30. The largest absolute Gasteiger partial charge is 0.491 e. The molecule has 40 heavy (non-hydrogen) atoms. The molecule has 3 aliphatic heterocycles. The van der Waals surface area contributed by atoms with Crippen LogP contribution in [0, 0.1) is 12.7 Å². The van der Waals surface area contributed by atoms with Gasteiger partial charge in [-0.05, 0) is 19.9 Å². The molecule has 1 amide bonds. The number of rotatable bonds is 5. The molecule has 2 atom stereocenters. The third-order valence-electron chi connectivity index (χ3n) is 7.64. The number of halogens is 3. The van der Waals surface area contributed by atoms with Gasteiger partial charge in [0.15, 0.2) is 6.10 Å². The van der Waals surface area contributed by atoms with E-state index in [4.69, 9.17) is 14.2 Å². The molecule has 3 aromatic rings.